The predicted octanol–water partition coefficient (Wildman–Crippen LogP) is 3.13. The number of nitrogens with one attached hydrogen (secondary N) is 1. The molecule has 1 aliphatic heterocycles. The van der Waals surface area contributed by atoms with E-state index in [0.29, 0.717) is 32.1 Å². The second kappa shape index (κ2) is 7.38. The molecule has 0 atom stereocenters. The van der Waals surface area contributed by atoms with Gasteiger partial charge in [-0.15, -0.1) is 0 Å². The molecule has 0 aromatic heterocycles. The Labute approximate surface area is 150 Å². The molecule has 0 unspecified atom stereocenters. The van der Waals surface area contributed by atoms with Gasteiger partial charge in [-0.1, -0.05) is 12.1 Å². The van der Waals surface area contributed by atoms with Gasteiger partial charge in [0.15, 0.2) is 0 Å². The van der Waals surface area contributed by atoms with Crippen molar-refractivity contribution in [2.75, 3.05) is 19.8 Å². The summed E-state index contributed by atoms with van der Waals surface area (Å²) < 4.78 is 72.8. The summed E-state index contributed by atoms with van der Waals surface area (Å²) in [7, 11) is -4.17. The van der Waals surface area contributed by atoms with Crippen LogP contribution in [0.4, 0.5) is 13.2 Å². The second-order valence-electron chi connectivity index (χ2n) is 6.30. The van der Waals surface area contributed by atoms with Crippen LogP contribution in [-0.4, -0.2) is 28.2 Å². The molecule has 3 rings (SSSR count). The number of hydrogen-bond acceptors (Lipinski definition) is 3. The summed E-state index contributed by atoms with van der Waals surface area (Å²) in [6, 6.07) is 8.18. The molecule has 140 valence electrons. The van der Waals surface area contributed by atoms with Crippen molar-refractivity contribution in [1.29, 1.82) is 0 Å². The highest BCUT2D eigenvalue weighted by atomic mass is 32.2. The quantitative estimate of drug-likeness (QED) is 0.860. The van der Waals surface area contributed by atoms with Gasteiger partial charge in [0.05, 0.1) is 0 Å². The lowest BCUT2D eigenvalue weighted by Crippen LogP contribution is -2.44. The van der Waals surface area contributed by atoms with Crippen LogP contribution in [0.15, 0.2) is 47.4 Å². The lowest BCUT2D eigenvalue weighted by atomic mass is 9.74. The SMILES string of the molecule is O=S(=O)(NCC1(c2ccc(F)cc2)CCOCC1)c1ccc(F)cc1F. The van der Waals surface area contributed by atoms with Crippen molar-refractivity contribution >= 4 is 10.0 Å². The summed E-state index contributed by atoms with van der Waals surface area (Å²) in [6.45, 7) is 0.870. The molecule has 0 amide bonds. The van der Waals surface area contributed by atoms with Crippen LogP contribution in [0.1, 0.15) is 18.4 Å². The van der Waals surface area contributed by atoms with Gasteiger partial charge in [-0.2, -0.15) is 0 Å². The molecule has 0 aliphatic carbocycles. The van der Waals surface area contributed by atoms with E-state index < -0.39 is 32.0 Å². The Morgan fingerprint density at radius 1 is 0.962 bits per heavy atom. The first-order chi connectivity index (χ1) is 12.3. The molecule has 0 saturated carbocycles. The van der Waals surface area contributed by atoms with Crippen LogP contribution >= 0.6 is 0 Å². The Hall–Kier alpha value is -1.90. The smallest absolute Gasteiger partial charge is 0.243 e. The first-order valence-electron chi connectivity index (χ1n) is 8.11. The number of ether oxygens (including phenoxy) is 1. The van der Waals surface area contributed by atoms with Crippen molar-refractivity contribution in [3.8, 4) is 0 Å². The Morgan fingerprint density at radius 2 is 1.58 bits per heavy atom. The highest BCUT2D eigenvalue weighted by Crippen LogP contribution is 2.35. The topological polar surface area (TPSA) is 55.4 Å². The van der Waals surface area contributed by atoms with Gasteiger partial charge in [-0.05, 0) is 42.7 Å². The van der Waals surface area contributed by atoms with E-state index in [1.165, 1.54) is 12.1 Å². The first-order valence-corrected chi connectivity index (χ1v) is 9.59. The molecule has 1 fully saturated rings. The predicted molar refractivity (Wildman–Crippen MR) is 89.7 cm³/mol. The standard InChI is InChI=1S/C18H18F3NO3S/c19-14-3-1-13(2-4-14)18(7-9-25-10-8-18)12-22-26(23,24)17-6-5-15(20)11-16(17)21/h1-6,11,22H,7-10,12H2. The Morgan fingerprint density at radius 3 is 2.19 bits per heavy atom. The molecule has 8 heteroatoms. The summed E-state index contributed by atoms with van der Waals surface area (Å²) in [5.41, 5.74) is 0.194. The lowest BCUT2D eigenvalue weighted by Gasteiger charge is -2.37. The number of benzene rings is 2. The van der Waals surface area contributed by atoms with E-state index in [1.807, 2.05) is 0 Å². The van der Waals surface area contributed by atoms with Gasteiger partial charge in [-0.25, -0.2) is 26.3 Å². The molecule has 0 bridgehead atoms. The van der Waals surface area contributed by atoms with Crippen molar-refractivity contribution < 1.29 is 26.3 Å². The van der Waals surface area contributed by atoms with Crippen LogP contribution < -0.4 is 4.72 Å². The van der Waals surface area contributed by atoms with E-state index in [2.05, 4.69) is 4.72 Å². The summed E-state index contributed by atoms with van der Waals surface area (Å²) >= 11 is 0. The number of halogens is 3. The van der Waals surface area contributed by atoms with Crippen LogP contribution in [-0.2, 0) is 20.2 Å². The second-order valence-corrected chi connectivity index (χ2v) is 8.03. The highest BCUT2D eigenvalue weighted by molar-refractivity contribution is 7.89. The zero-order valence-corrected chi connectivity index (χ0v) is 14.7. The van der Waals surface area contributed by atoms with Gasteiger partial charge in [0.25, 0.3) is 0 Å². The maximum absolute atomic E-state index is 13.9. The molecule has 4 nitrogen and oxygen atoms in total. The normalized spacial score (nSPS) is 17.2. The molecule has 1 saturated heterocycles. The van der Waals surface area contributed by atoms with Gasteiger partial charge < -0.3 is 4.74 Å². The molecule has 1 aliphatic rings. The highest BCUT2D eigenvalue weighted by Gasteiger charge is 2.36. The fourth-order valence-corrected chi connectivity index (χ4v) is 4.32. The maximum atomic E-state index is 13.9. The number of hydrogen-bond donors (Lipinski definition) is 1. The molecule has 2 aromatic carbocycles. The minimum absolute atomic E-state index is 0.00113. The van der Waals surface area contributed by atoms with Crippen molar-refractivity contribution in [3.05, 3.63) is 65.5 Å². The van der Waals surface area contributed by atoms with E-state index in [1.54, 1.807) is 12.1 Å². The molecule has 0 radical (unpaired) electrons. The zero-order valence-electron chi connectivity index (χ0n) is 13.8. The molecule has 1 N–H and O–H groups in total. The van der Waals surface area contributed by atoms with Crippen molar-refractivity contribution in [2.24, 2.45) is 0 Å². The number of sulfonamides is 1. The lowest BCUT2D eigenvalue weighted by molar-refractivity contribution is 0.0517. The largest absolute Gasteiger partial charge is 0.381 e. The van der Waals surface area contributed by atoms with Crippen molar-refractivity contribution in [1.82, 2.24) is 4.72 Å². The van der Waals surface area contributed by atoms with Gasteiger partial charge >= 0.3 is 0 Å². The zero-order chi connectivity index (χ0) is 18.8. The van der Waals surface area contributed by atoms with E-state index >= 15 is 0 Å². The van der Waals surface area contributed by atoms with Crippen LogP contribution in [0.3, 0.4) is 0 Å². The van der Waals surface area contributed by atoms with Crippen LogP contribution in [0, 0.1) is 17.5 Å². The molecule has 26 heavy (non-hydrogen) atoms. The molecule has 1 heterocycles. The summed E-state index contributed by atoms with van der Waals surface area (Å²) in [5.74, 6) is -2.39. The van der Waals surface area contributed by atoms with E-state index in [-0.39, 0.29) is 12.4 Å². The molecular weight excluding hydrogens is 367 g/mol. The average molecular weight is 385 g/mol. The fraction of sp³-hybridized carbons (Fsp3) is 0.333. The Kier molecular flexibility index (Phi) is 5.36. The third kappa shape index (κ3) is 3.92. The maximum Gasteiger partial charge on any atom is 0.243 e. The van der Waals surface area contributed by atoms with Crippen LogP contribution in [0.2, 0.25) is 0 Å². The van der Waals surface area contributed by atoms with Gasteiger partial charge in [-0.3, -0.25) is 0 Å². The third-order valence-electron chi connectivity index (χ3n) is 4.69. The summed E-state index contributed by atoms with van der Waals surface area (Å²) in [4.78, 5) is -0.611. The first kappa shape index (κ1) is 18.9. The molecule has 2 aromatic rings. The Bertz CT molecular complexity index is 879. The minimum atomic E-state index is -4.17. The summed E-state index contributed by atoms with van der Waals surface area (Å²) in [6.07, 6.45) is 1.07. The van der Waals surface area contributed by atoms with Crippen molar-refractivity contribution in [3.63, 3.8) is 0 Å². The van der Waals surface area contributed by atoms with E-state index in [0.717, 1.165) is 17.7 Å². The van der Waals surface area contributed by atoms with E-state index in [4.69, 9.17) is 4.74 Å². The van der Waals surface area contributed by atoms with Crippen LogP contribution in [0.5, 0.6) is 0 Å². The van der Waals surface area contributed by atoms with Gasteiger partial charge in [0.1, 0.15) is 22.3 Å². The minimum Gasteiger partial charge on any atom is -0.381 e. The number of rotatable bonds is 5. The van der Waals surface area contributed by atoms with Gasteiger partial charge in [0, 0.05) is 31.2 Å². The van der Waals surface area contributed by atoms with Gasteiger partial charge in [0.2, 0.25) is 10.0 Å². The molecular formula is C18H18F3NO3S. The van der Waals surface area contributed by atoms with Crippen LogP contribution in [0.25, 0.3) is 0 Å². The monoisotopic (exact) mass is 385 g/mol. The fourth-order valence-electron chi connectivity index (χ4n) is 3.14. The van der Waals surface area contributed by atoms with E-state index in [9.17, 15) is 21.6 Å². The Balaban J connectivity index is 1.87. The third-order valence-corrected chi connectivity index (χ3v) is 6.13. The average Bonchev–Trinajstić information content (AvgIpc) is 2.61. The van der Waals surface area contributed by atoms with Crippen molar-refractivity contribution in [2.45, 2.75) is 23.2 Å². The molecule has 0 spiro atoms. The summed E-state index contributed by atoms with van der Waals surface area (Å²) in [5, 5.41) is 0.